The van der Waals surface area contributed by atoms with Crippen molar-refractivity contribution < 1.29 is 0 Å². The van der Waals surface area contributed by atoms with Gasteiger partial charge in [-0.3, -0.25) is 0 Å². The Balaban J connectivity index is 1.99. The highest BCUT2D eigenvalue weighted by atomic mass is 14.0. The third-order valence-electron chi connectivity index (χ3n) is 3.40. The Bertz CT molecular complexity index is 829. The van der Waals surface area contributed by atoms with Gasteiger partial charge in [-0.2, -0.15) is 0 Å². The normalized spacial score (nSPS) is 9.22. The summed E-state index contributed by atoms with van der Waals surface area (Å²) in [6.45, 7) is 0. The van der Waals surface area contributed by atoms with E-state index < -0.39 is 0 Å². The summed E-state index contributed by atoms with van der Waals surface area (Å²) >= 11 is 0. The van der Waals surface area contributed by atoms with Crippen LogP contribution in [0.4, 0.5) is 0 Å². The van der Waals surface area contributed by atoms with Crippen LogP contribution in [-0.2, 0) is 0 Å². The Morgan fingerprint density at radius 1 is 0.609 bits per heavy atom. The number of hydrogen-bond acceptors (Lipinski definition) is 0. The molecular weight excluding hydrogens is 276 g/mol. The SMILES string of the molecule is C(=CC#Cc1ccccc1)=C(c1ccccc1)c1ccccc1. The number of benzene rings is 3. The molecule has 0 aromatic heterocycles. The maximum atomic E-state index is 3.34. The quantitative estimate of drug-likeness (QED) is 0.442. The first-order valence-corrected chi connectivity index (χ1v) is 7.56. The Morgan fingerprint density at radius 3 is 1.61 bits per heavy atom. The molecule has 0 heteroatoms. The van der Waals surface area contributed by atoms with Gasteiger partial charge in [-0.05, 0) is 23.3 Å². The third-order valence-corrected chi connectivity index (χ3v) is 3.40. The molecule has 0 atom stereocenters. The minimum Gasteiger partial charge on any atom is -0.103 e. The fourth-order valence-electron chi connectivity index (χ4n) is 2.29. The van der Waals surface area contributed by atoms with Gasteiger partial charge in [0.05, 0.1) is 0 Å². The zero-order valence-corrected chi connectivity index (χ0v) is 12.7. The average molecular weight is 292 g/mol. The van der Waals surface area contributed by atoms with Crippen molar-refractivity contribution in [1.29, 1.82) is 0 Å². The summed E-state index contributed by atoms with van der Waals surface area (Å²) in [6.07, 6.45) is 1.79. The molecule has 0 bridgehead atoms. The average Bonchev–Trinajstić information content (AvgIpc) is 2.64. The molecule has 0 heterocycles. The van der Waals surface area contributed by atoms with E-state index in [0.29, 0.717) is 0 Å². The van der Waals surface area contributed by atoms with Crippen molar-refractivity contribution >= 4 is 5.57 Å². The zero-order chi connectivity index (χ0) is 15.7. The van der Waals surface area contributed by atoms with Crippen LogP contribution in [0.1, 0.15) is 16.7 Å². The Morgan fingerprint density at radius 2 is 1.09 bits per heavy atom. The second kappa shape index (κ2) is 7.66. The van der Waals surface area contributed by atoms with Crippen LogP contribution in [0.15, 0.2) is 103 Å². The summed E-state index contributed by atoms with van der Waals surface area (Å²) in [4.78, 5) is 0. The molecule has 3 rings (SSSR count). The van der Waals surface area contributed by atoms with E-state index in [1.54, 1.807) is 6.08 Å². The number of allylic oxidation sites excluding steroid dienone is 1. The van der Waals surface area contributed by atoms with E-state index in [-0.39, 0.29) is 0 Å². The standard InChI is InChI=1S/C23H16/c1-4-12-20(13-5-1)14-10-11-19-23(21-15-6-2-7-16-21)22-17-8-3-9-18-22/h1-9,11-13,15-18H. The molecule has 0 saturated heterocycles. The van der Waals surface area contributed by atoms with E-state index >= 15 is 0 Å². The molecular formula is C23H16. The fourth-order valence-corrected chi connectivity index (χ4v) is 2.29. The summed E-state index contributed by atoms with van der Waals surface area (Å²) in [5.74, 6) is 6.19. The topological polar surface area (TPSA) is 0 Å². The Hall–Kier alpha value is -3.26. The molecule has 0 unspecified atom stereocenters. The Kier molecular flexibility index (Phi) is 4.89. The van der Waals surface area contributed by atoms with Crippen molar-refractivity contribution in [3.8, 4) is 11.8 Å². The van der Waals surface area contributed by atoms with Crippen LogP contribution in [0.2, 0.25) is 0 Å². The molecule has 0 aliphatic rings. The van der Waals surface area contributed by atoms with Gasteiger partial charge in [-0.1, -0.05) is 90.7 Å². The van der Waals surface area contributed by atoms with E-state index in [1.807, 2.05) is 66.7 Å². The summed E-state index contributed by atoms with van der Waals surface area (Å²) < 4.78 is 0. The van der Waals surface area contributed by atoms with Crippen LogP contribution in [0, 0.1) is 11.8 Å². The van der Waals surface area contributed by atoms with Crippen LogP contribution in [-0.4, -0.2) is 0 Å². The smallest absolute Gasteiger partial charge is 0.0316 e. The minimum atomic E-state index is 1.01. The van der Waals surface area contributed by atoms with Gasteiger partial charge in [0.1, 0.15) is 0 Å². The van der Waals surface area contributed by atoms with Crippen molar-refractivity contribution in [2.75, 3.05) is 0 Å². The number of rotatable bonds is 2. The molecule has 0 aliphatic carbocycles. The van der Waals surface area contributed by atoms with Crippen molar-refractivity contribution in [2.24, 2.45) is 0 Å². The minimum absolute atomic E-state index is 1.01. The molecule has 0 nitrogen and oxygen atoms in total. The van der Waals surface area contributed by atoms with Crippen LogP contribution in [0.3, 0.4) is 0 Å². The second-order valence-corrected chi connectivity index (χ2v) is 5.03. The van der Waals surface area contributed by atoms with Crippen LogP contribution < -0.4 is 0 Å². The molecule has 3 aromatic carbocycles. The lowest BCUT2D eigenvalue weighted by molar-refractivity contribution is 1.55. The van der Waals surface area contributed by atoms with Gasteiger partial charge >= 0.3 is 0 Å². The van der Waals surface area contributed by atoms with Gasteiger partial charge in [-0.25, -0.2) is 0 Å². The first-order chi connectivity index (χ1) is 11.4. The highest BCUT2D eigenvalue weighted by molar-refractivity contribution is 5.79. The summed E-state index contributed by atoms with van der Waals surface area (Å²) in [5, 5.41) is 0. The molecule has 0 saturated carbocycles. The first-order valence-electron chi connectivity index (χ1n) is 7.56. The van der Waals surface area contributed by atoms with Gasteiger partial charge in [0, 0.05) is 17.2 Å². The lowest BCUT2D eigenvalue weighted by atomic mass is 9.99. The van der Waals surface area contributed by atoms with E-state index in [2.05, 4.69) is 41.8 Å². The number of hydrogen-bond donors (Lipinski definition) is 0. The molecule has 108 valence electrons. The van der Waals surface area contributed by atoms with Gasteiger partial charge < -0.3 is 0 Å². The van der Waals surface area contributed by atoms with Crippen molar-refractivity contribution in [3.63, 3.8) is 0 Å². The second-order valence-electron chi connectivity index (χ2n) is 5.03. The van der Waals surface area contributed by atoms with Gasteiger partial charge in [0.25, 0.3) is 0 Å². The van der Waals surface area contributed by atoms with E-state index in [9.17, 15) is 0 Å². The molecule has 0 aliphatic heterocycles. The largest absolute Gasteiger partial charge is 0.103 e. The van der Waals surface area contributed by atoms with Crippen LogP contribution in [0.25, 0.3) is 5.57 Å². The highest BCUT2D eigenvalue weighted by Gasteiger charge is 2.02. The van der Waals surface area contributed by atoms with E-state index in [4.69, 9.17) is 0 Å². The highest BCUT2D eigenvalue weighted by Crippen LogP contribution is 2.21. The summed E-state index contributed by atoms with van der Waals surface area (Å²) in [7, 11) is 0. The zero-order valence-electron chi connectivity index (χ0n) is 12.7. The first kappa shape index (κ1) is 14.7. The summed E-state index contributed by atoms with van der Waals surface area (Å²) in [5.41, 5.74) is 7.67. The predicted molar refractivity (Wildman–Crippen MR) is 96.8 cm³/mol. The van der Waals surface area contributed by atoms with Gasteiger partial charge in [-0.15, -0.1) is 5.73 Å². The van der Waals surface area contributed by atoms with E-state index in [1.165, 1.54) is 0 Å². The molecule has 0 radical (unpaired) electrons. The van der Waals surface area contributed by atoms with Crippen molar-refractivity contribution in [3.05, 3.63) is 119 Å². The predicted octanol–water partition coefficient (Wildman–Crippen LogP) is 5.33. The van der Waals surface area contributed by atoms with Crippen LogP contribution >= 0.6 is 0 Å². The van der Waals surface area contributed by atoms with E-state index in [0.717, 1.165) is 22.3 Å². The maximum absolute atomic E-state index is 3.34. The molecule has 0 amide bonds. The molecule has 3 aromatic rings. The van der Waals surface area contributed by atoms with Gasteiger partial charge in [0.15, 0.2) is 0 Å². The fraction of sp³-hybridized carbons (Fsp3) is 0. The monoisotopic (exact) mass is 292 g/mol. The molecule has 0 fully saturated rings. The van der Waals surface area contributed by atoms with Crippen molar-refractivity contribution in [1.82, 2.24) is 0 Å². The molecule has 0 N–H and O–H groups in total. The van der Waals surface area contributed by atoms with Gasteiger partial charge in [0.2, 0.25) is 0 Å². The van der Waals surface area contributed by atoms with Crippen molar-refractivity contribution in [2.45, 2.75) is 0 Å². The molecule has 23 heavy (non-hydrogen) atoms. The maximum Gasteiger partial charge on any atom is 0.0316 e. The summed E-state index contributed by atoms with van der Waals surface area (Å²) in [6, 6.07) is 30.5. The third kappa shape index (κ3) is 4.11. The lowest BCUT2D eigenvalue weighted by Gasteiger charge is -2.04. The van der Waals surface area contributed by atoms with Crippen LogP contribution in [0.5, 0.6) is 0 Å². The molecule has 0 spiro atoms. The Labute approximate surface area is 137 Å². The lowest BCUT2D eigenvalue weighted by Crippen LogP contribution is -1.85.